The third-order valence-electron chi connectivity index (χ3n) is 2.85. The predicted molar refractivity (Wildman–Crippen MR) is 85.5 cm³/mol. The van der Waals surface area contributed by atoms with E-state index in [2.05, 4.69) is 41.3 Å². The molecule has 7 heteroatoms. The van der Waals surface area contributed by atoms with Gasteiger partial charge in [-0.3, -0.25) is 0 Å². The van der Waals surface area contributed by atoms with E-state index in [0.717, 1.165) is 16.5 Å². The Morgan fingerprint density at radius 2 is 2.10 bits per heavy atom. The second-order valence-electron chi connectivity index (χ2n) is 5.80. The molecule has 0 aliphatic carbocycles. The summed E-state index contributed by atoms with van der Waals surface area (Å²) in [6, 6.07) is 0. The van der Waals surface area contributed by atoms with Crippen molar-refractivity contribution < 1.29 is 9.15 Å². The van der Waals surface area contributed by atoms with Crippen molar-refractivity contribution in [1.29, 1.82) is 0 Å². The van der Waals surface area contributed by atoms with Gasteiger partial charge in [0.15, 0.2) is 0 Å². The van der Waals surface area contributed by atoms with Gasteiger partial charge in [0.1, 0.15) is 11.1 Å². The molecule has 0 bridgehead atoms. The number of ether oxygens (including phenoxy) is 1. The number of thioether (sulfide) groups is 1. The molecule has 0 saturated carbocycles. The summed E-state index contributed by atoms with van der Waals surface area (Å²) < 4.78 is 10.9. The highest BCUT2D eigenvalue weighted by Gasteiger charge is 2.21. The van der Waals surface area contributed by atoms with Crippen molar-refractivity contribution in [2.45, 2.75) is 50.7 Å². The average molecular weight is 327 g/mol. The first kappa shape index (κ1) is 16.5. The molecule has 0 N–H and O–H groups in total. The minimum atomic E-state index is -0.101. The van der Waals surface area contributed by atoms with Gasteiger partial charge in [-0.25, -0.2) is 4.98 Å². The molecule has 0 aliphatic heterocycles. The van der Waals surface area contributed by atoms with Crippen LogP contribution in [0, 0.1) is 0 Å². The molecule has 0 spiro atoms. The molecule has 0 aromatic carbocycles. The molecule has 0 saturated heterocycles. The molecule has 0 radical (unpaired) electrons. The highest BCUT2D eigenvalue weighted by atomic mass is 32.2. The predicted octanol–water partition coefficient (Wildman–Crippen LogP) is 3.96. The fourth-order valence-electron chi connectivity index (χ4n) is 1.53. The van der Waals surface area contributed by atoms with E-state index in [1.807, 2.05) is 6.92 Å². The zero-order valence-electron chi connectivity index (χ0n) is 13.0. The molecule has 0 amide bonds. The first-order valence-corrected chi connectivity index (χ1v) is 8.81. The molecule has 116 valence electrons. The number of nitrogens with zero attached hydrogens (tertiary/aromatic N) is 3. The number of methoxy groups -OCH3 is 1. The summed E-state index contributed by atoms with van der Waals surface area (Å²) in [4.78, 5) is 4.56. The molecule has 21 heavy (non-hydrogen) atoms. The monoisotopic (exact) mass is 327 g/mol. The molecule has 5 nitrogen and oxygen atoms in total. The van der Waals surface area contributed by atoms with Crippen LogP contribution in [0.5, 0.6) is 0 Å². The zero-order chi connectivity index (χ0) is 15.5. The molecular formula is C14H21N3O2S2. The molecule has 2 heterocycles. The topological polar surface area (TPSA) is 61.0 Å². The van der Waals surface area contributed by atoms with Crippen molar-refractivity contribution in [3.8, 4) is 0 Å². The standard InChI is InChI=1S/C14H21N3O2S2/c1-9(18-5)12-15-10(7-21-12)6-20-8-11-16-17-13(19-11)14(2,3)4/h7,9H,6,8H2,1-5H3. The Morgan fingerprint density at radius 3 is 2.71 bits per heavy atom. The quantitative estimate of drug-likeness (QED) is 0.800. The normalized spacial score (nSPS) is 13.6. The highest BCUT2D eigenvalue weighted by molar-refractivity contribution is 7.97. The van der Waals surface area contributed by atoms with Crippen LogP contribution >= 0.6 is 23.1 Å². The first-order valence-electron chi connectivity index (χ1n) is 6.78. The van der Waals surface area contributed by atoms with Gasteiger partial charge >= 0.3 is 0 Å². The van der Waals surface area contributed by atoms with Gasteiger partial charge in [0, 0.05) is 23.7 Å². The number of thiazole rings is 1. The zero-order valence-corrected chi connectivity index (χ0v) is 14.7. The van der Waals surface area contributed by atoms with Crippen LogP contribution in [0.3, 0.4) is 0 Å². The van der Waals surface area contributed by atoms with E-state index in [9.17, 15) is 0 Å². The van der Waals surface area contributed by atoms with E-state index >= 15 is 0 Å². The van der Waals surface area contributed by atoms with Crippen LogP contribution in [0.1, 0.15) is 56.3 Å². The second-order valence-corrected chi connectivity index (χ2v) is 7.67. The third-order valence-corrected chi connectivity index (χ3v) is 4.86. The fraction of sp³-hybridized carbons (Fsp3) is 0.643. The van der Waals surface area contributed by atoms with Crippen molar-refractivity contribution >= 4 is 23.1 Å². The minimum absolute atomic E-state index is 0.0547. The Morgan fingerprint density at radius 1 is 1.33 bits per heavy atom. The van der Waals surface area contributed by atoms with Crippen LogP contribution in [0.2, 0.25) is 0 Å². The Bertz CT molecular complexity index is 575. The molecule has 1 unspecified atom stereocenters. The SMILES string of the molecule is COC(C)c1nc(CSCc2nnc(C(C)(C)C)o2)cs1. The van der Waals surface area contributed by atoms with Gasteiger partial charge in [0.25, 0.3) is 0 Å². The lowest BCUT2D eigenvalue weighted by Gasteiger charge is -2.10. The fourth-order valence-corrected chi connectivity index (χ4v) is 3.24. The molecule has 2 aromatic heterocycles. The lowest BCUT2D eigenvalue weighted by molar-refractivity contribution is 0.119. The van der Waals surface area contributed by atoms with Crippen LogP contribution in [-0.2, 0) is 21.7 Å². The van der Waals surface area contributed by atoms with Crippen LogP contribution < -0.4 is 0 Å². The summed E-state index contributed by atoms with van der Waals surface area (Å²) in [5.41, 5.74) is 0.968. The van der Waals surface area contributed by atoms with Gasteiger partial charge in [-0.2, -0.15) is 0 Å². The Labute approximate surface area is 133 Å². The highest BCUT2D eigenvalue weighted by Crippen LogP contribution is 2.25. The van der Waals surface area contributed by atoms with Crippen LogP contribution in [-0.4, -0.2) is 22.3 Å². The summed E-state index contributed by atoms with van der Waals surface area (Å²) in [6.45, 7) is 8.18. The molecule has 1 atom stereocenters. The van der Waals surface area contributed by atoms with Crippen molar-refractivity contribution in [2.24, 2.45) is 0 Å². The molecule has 2 aromatic rings. The first-order chi connectivity index (χ1) is 9.90. The second kappa shape index (κ2) is 6.89. The van der Waals surface area contributed by atoms with E-state index in [1.165, 1.54) is 0 Å². The smallest absolute Gasteiger partial charge is 0.226 e. The maximum absolute atomic E-state index is 5.67. The van der Waals surface area contributed by atoms with Crippen molar-refractivity contribution in [2.75, 3.05) is 7.11 Å². The number of aromatic nitrogens is 3. The maximum Gasteiger partial charge on any atom is 0.226 e. The number of hydrogen-bond acceptors (Lipinski definition) is 7. The van der Waals surface area contributed by atoms with Gasteiger partial charge in [-0.05, 0) is 6.92 Å². The van der Waals surface area contributed by atoms with E-state index in [-0.39, 0.29) is 11.5 Å². The largest absolute Gasteiger partial charge is 0.424 e. The summed E-state index contributed by atoms with van der Waals surface area (Å²) in [5, 5.41) is 11.3. The average Bonchev–Trinajstić information content (AvgIpc) is 3.06. The van der Waals surface area contributed by atoms with Crippen molar-refractivity contribution in [3.05, 3.63) is 27.9 Å². The van der Waals surface area contributed by atoms with Gasteiger partial charge < -0.3 is 9.15 Å². The summed E-state index contributed by atoms with van der Waals surface area (Å²) in [5.74, 6) is 2.89. The molecule has 0 fully saturated rings. The summed E-state index contributed by atoms with van der Waals surface area (Å²) >= 11 is 3.36. The molecule has 2 rings (SSSR count). The third kappa shape index (κ3) is 4.52. The maximum atomic E-state index is 5.67. The van der Waals surface area contributed by atoms with E-state index in [1.54, 1.807) is 30.2 Å². The van der Waals surface area contributed by atoms with E-state index in [0.29, 0.717) is 17.5 Å². The molecule has 0 aliphatic rings. The van der Waals surface area contributed by atoms with Gasteiger partial charge in [-0.15, -0.1) is 33.3 Å². The Kier molecular flexibility index (Phi) is 5.40. The lowest BCUT2D eigenvalue weighted by Crippen LogP contribution is -2.11. The Balaban J connectivity index is 1.84. The number of rotatable bonds is 6. The van der Waals surface area contributed by atoms with E-state index < -0.39 is 0 Å². The van der Waals surface area contributed by atoms with Gasteiger partial charge in [0.2, 0.25) is 11.8 Å². The minimum Gasteiger partial charge on any atom is -0.424 e. The van der Waals surface area contributed by atoms with Crippen LogP contribution in [0.4, 0.5) is 0 Å². The summed E-state index contributed by atoms with van der Waals surface area (Å²) in [6.07, 6.45) is 0.0547. The van der Waals surface area contributed by atoms with Crippen molar-refractivity contribution in [3.63, 3.8) is 0 Å². The van der Waals surface area contributed by atoms with E-state index in [4.69, 9.17) is 9.15 Å². The van der Waals surface area contributed by atoms with Gasteiger partial charge in [-0.1, -0.05) is 20.8 Å². The number of hydrogen-bond donors (Lipinski definition) is 0. The van der Waals surface area contributed by atoms with Crippen molar-refractivity contribution in [1.82, 2.24) is 15.2 Å². The molecular weight excluding hydrogens is 306 g/mol. The Hall–Kier alpha value is -0.920. The lowest BCUT2D eigenvalue weighted by atomic mass is 9.97. The van der Waals surface area contributed by atoms with Crippen LogP contribution in [0.15, 0.2) is 9.80 Å². The van der Waals surface area contributed by atoms with Crippen LogP contribution in [0.25, 0.3) is 0 Å². The summed E-state index contributed by atoms with van der Waals surface area (Å²) in [7, 11) is 1.70. The van der Waals surface area contributed by atoms with Gasteiger partial charge in [0.05, 0.1) is 11.4 Å².